The number of carbonyl (C=O) groups is 1. The minimum atomic E-state index is -0.267. The lowest BCUT2D eigenvalue weighted by Crippen LogP contribution is -2.55. The Morgan fingerprint density at radius 1 is 1.13 bits per heavy atom. The maximum atomic E-state index is 13.0. The van der Waals surface area contributed by atoms with Crippen LogP contribution >= 0.6 is 0 Å². The predicted molar refractivity (Wildman–Crippen MR) is 119 cm³/mol. The van der Waals surface area contributed by atoms with Crippen LogP contribution in [0.15, 0.2) is 54.6 Å². The summed E-state index contributed by atoms with van der Waals surface area (Å²) in [7, 11) is 2.20. The average Bonchev–Trinajstić information content (AvgIpc) is 2.80. The number of nitrogens with zero attached hydrogens (tertiary/aromatic N) is 2. The molecular formula is C25H32FN3O2. The second-order valence-corrected chi connectivity index (χ2v) is 8.85. The molecule has 6 heteroatoms. The Labute approximate surface area is 184 Å². The number of rotatable bonds is 5. The molecule has 1 unspecified atom stereocenters. The van der Waals surface area contributed by atoms with E-state index in [1.54, 1.807) is 12.1 Å². The van der Waals surface area contributed by atoms with Gasteiger partial charge in [0, 0.05) is 38.8 Å². The maximum absolute atomic E-state index is 13.0. The van der Waals surface area contributed by atoms with E-state index in [-0.39, 0.29) is 17.4 Å². The largest absolute Gasteiger partial charge is 0.375 e. The van der Waals surface area contributed by atoms with Crippen molar-refractivity contribution in [1.29, 1.82) is 0 Å². The van der Waals surface area contributed by atoms with Crippen molar-refractivity contribution in [2.45, 2.75) is 50.4 Å². The van der Waals surface area contributed by atoms with Crippen LogP contribution in [0.3, 0.4) is 0 Å². The number of carbonyl (C=O) groups excluding carboxylic acids is 1. The number of urea groups is 1. The summed E-state index contributed by atoms with van der Waals surface area (Å²) in [6.07, 6.45) is 3.80. The van der Waals surface area contributed by atoms with Crippen LogP contribution in [-0.2, 0) is 17.8 Å². The van der Waals surface area contributed by atoms with Crippen molar-refractivity contribution in [2.75, 3.05) is 26.7 Å². The molecule has 2 aliphatic heterocycles. The van der Waals surface area contributed by atoms with Gasteiger partial charge in [0.15, 0.2) is 0 Å². The Hall–Kier alpha value is -2.44. The molecule has 31 heavy (non-hydrogen) atoms. The second-order valence-electron chi connectivity index (χ2n) is 8.85. The highest BCUT2D eigenvalue weighted by Gasteiger charge is 2.42. The zero-order chi connectivity index (χ0) is 21.7. The molecule has 4 rings (SSSR count). The third-order valence-corrected chi connectivity index (χ3v) is 6.68. The van der Waals surface area contributed by atoms with Crippen LogP contribution in [0.5, 0.6) is 0 Å². The second kappa shape index (κ2) is 9.79. The Morgan fingerprint density at radius 2 is 1.84 bits per heavy atom. The molecule has 2 amide bonds. The van der Waals surface area contributed by atoms with Gasteiger partial charge in [0.2, 0.25) is 0 Å². The standard InChI is InChI=1S/C25H32FN3O2/c1-28(19-21-5-3-2-4-6-21)23-11-16-31-25(17-23)12-14-29(15-13-25)24(30)27-18-20-7-9-22(26)10-8-20/h2-10,23H,11-19H2,1H3,(H,27,30). The van der Waals surface area contributed by atoms with Gasteiger partial charge in [0.05, 0.1) is 5.60 Å². The molecule has 1 N–H and O–H groups in total. The predicted octanol–water partition coefficient (Wildman–Crippen LogP) is 4.18. The molecule has 2 aliphatic rings. The summed E-state index contributed by atoms with van der Waals surface area (Å²) in [6, 6.07) is 17.2. The minimum Gasteiger partial charge on any atom is -0.375 e. The van der Waals surface area contributed by atoms with E-state index in [4.69, 9.17) is 4.74 Å². The Morgan fingerprint density at radius 3 is 2.55 bits per heavy atom. The van der Waals surface area contributed by atoms with Crippen molar-refractivity contribution in [1.82, 2.24) is 15.1 Å². The first-order valence-corrected chi connectivity index (χ1v) is 11.2. The summed E-state index contributed by atoms with van der Waals surface area (Å²) in [4.78, 5) is 16.9. The number of halogens is 1. The van der Waals surface area contributed by atoms with E-state index in [1.165, 1.54) is 17.7 Å². The molecule has 5 nitrogen and oxygen atoms in total. The first-order chi connectivity index (χ1) is 15.0. The van der Waals surface area contributed by atoms with Gasteiger partial charge in [-0.1, -0.05) is 42.5 Å². The molecule has 1 spiro atoms. The number of hydrogen-bond acceptors (Lipinski definition) is 3. The lowest BCUT2D eigenvalue weighted by atomic mass is 9.82. The average molecular weight is 426 g/mol. The first-order valence-electron chi connectivity index (χ1n) is 11.2. The zero-order valence-corrected chi connectivity index (χ0v) is 18.2. The number of likely N-dealkylation sites (tertiary alicyclic amines) is 1. The number of benzene rings is 2. The fraction of sp³-hybridized carbons (Fsp3) is 0.480. The quantitative estimate of drug-likeness (QED) is 0.782. The van der Waals surface area contributed by atoms with E-state index in [2.05, 4.69) is 47.6 Å². The number of piperidine rings is 1. The lowest BCUT2D eigenvalue weighted by molar-refractivity contribution is -0.128. The van der Waals surface area contributed by atoms with E-state index in [0.29, 0.717) is 25.7 Å². The molecule has 0 radical (unpaired) electrons. The van der Waals surface area contributed by atoms with Crippen molar-refractivity contribution >= 4 is 6.03 Å². The molecule has 2 aromatic rings. The van der Waals surface area contributed by atoms with E-state index < -0.39 is 0 Å². The van der Waals surface area contributed by atoms with Crippen molar-refractivity contribution in [2.24, 2.45) is 0 Å². The highest BCUT2D eigenvalue weighted by atomic mass is 19.1. The molecule has 2 saturated heterocycles. The molecule has 166 valence electrons. The molecule has 0 aliphatic carbocycles. The van der Waals surface area contributed by atoms with E-state index >= 15 is 0 Å². The number of amides is 2. The molecule has 2 aromatic carbocycles. The van der Waals surface area contributed by atoms with Crippen LogP contribution in [-0.4, -0.2) is 54.2 Å². The summed E-state index contributed by atoms with van der Waals surface area (Å²) < 4.78 is 19.3. The van der Waals surface area contributed by atoms with Crippen molar-refractivity contribution in [3.8, 4) is 0 Å². The van der Waals surface area contributed by atoms with Gasteiger partial charge < -0.3 is 15.0 Å². The topological polar surface area (TPSA) is 44.8 Å². The molecular weight excluding hydrogens is 393 g/mol. The molecule has 2 fully saturated rings. The fourth-order valence-corrected chi connectivity index (χ4v) is 4.74. The maximum Gasteiger partial charge on any atom is 0.317 e. The third kappa shape index (κ3) is 5.63. The Balaban J connectivity index is 1.26. The molecule has 1 atom stereocenters. The number of hydrogen-bond donors (Lipinski definition) is 1. The van der Waals surface area contributed by atoms with Gasteiger partial charge in [-0.05, 0) is 56.0 Å². The van der Waals surface area contributed by atoms with E-state index in [1.807, 2.05) is 4.90 Å². The van der Waals surface area contributed by atoms with Crippen LogP contribution in [0, 0.1) is 5.82 Å². The minimum absolute atomic E-state index is 0.0623. The van der Waals surface area contributed by atoms with Gasteiger partial charge in [-0.3, -0.25) is 4.90 Å². The summed E-state index contributed by atoms with van der Waals surface area (Å²) in [5, 5.41) is 2.95. The molecule has 0 saturated carbocycles. The summed E-state index contributed by atoms with van der Waals surface area (Å²) in [6.45, 7) is 3.53. The highest BCUT2D eigenvalue weighted by Crippen LogP contribution is 2.36. The van der Waals surface area contributed by atoms with Crippen molar-refractivity contribution in [3.05, 3.63) is 71.5 Å². The van der Waals surface area contributed by atoms with Crippen molar-refractivity contribution in [3.63, 3.8) is 0 Å². The Kier molecular flexibility index (Phi) is 6.88. The monoisotopic (exact) mass is 425 g/mol. The number of nitrogens with one attached hydrogen (secondary N) is 1. The smallest absolute Gasteiger partial charge is 0.317 e. The van der Waals surface area contributed by atoms with Crippen LogP contribution in [0.4, 0.5) is 9.18 Å². The van der Waals surface area contributed by atoms with Crippen LogP contribution in [0.25, 0.3) is 0 Å². The first kappa shape index (κ1) is 21.8. The normalized spacial score (nSPS) is 20.7. The van der Waals surface area contributed by atoms with Crippen LogP contribution in [0.1, 0.15) is 36.8 Å². The van der Waals surface area contributed by atoms with Crippen LogP contribution in [0.2, 0.25) is 0 Å². The van der Waals surface area contributed by atoms with Gasteiger partial charge >= 0.3 is 6.03 Å². The number of ether oxygens (including phenoxy) is 1. The SMILES string of the molecule is CN(Cc1ccccc1)C1CCOC2(CCN(C(=O)NCc3ccc(F)cc3)CC2)C1. The Bertz CT molecular complexity index is 851. The van der Waals surface area contributed by atoms with Gasteiger partial charge in [0.1, 0.15) is 5.82 Å². The molecule has 2 heterocycles. The van der Waals surface area contributed by atoms with Gasteiger partial charge in [0.25, 0.3) is 0 Å². The summed E-state index contributed by atoms with van der Waals surface area (Å²) >= 11 is 0. The highest BCUT2D eigenvalue weighted by molar-refractivity contribution is 5.74. The van der Waals surface area contributed by atoms with E-state index in [9.17, 15) is 9.18 Å². The van der Waals surface area contributed by atoms with Gasteiger partial charge in [-0.15, -0.1) is 0 Å². The fourth-order valence-electron chi connectivity index (χ4n) is 4.74. The van der Waals surface area contributed by atoms with E-state index in [0.717, 1.165) is 44.4 Å². The zero-order valence-electron chi connectivity index (χ0n) is 18.2. The molecule has 0 bridgehead atoms. The summed E-state index contributed by atoms with van der Waals surface area (Å²) in [5.74, 6) is -0.267. The van der Waals surface area contributed by atoms with Crippen LogP contribution < -0.4 is 5.32 Å². The lowest BCUT2D eigenvalue weighted by Gasteiger charge is -2.48. The van der Waals surface area contributed by atoms with Gasteiger partial charge in [-0.2, -0.15) is 0 Å². The summed E-state index contributed by atoms with van der Waals surface area (Å²) in [5.41, 5.74) is 2.10. The molecule has 0 aromatic heterocycles. The van der Waals surface area contributed by atoms with Gasteiger partial charge in [-0.25, -0.2) is 9.18 Å². The van der Waals surface area contributed by atoms with Crippen molar-refractivity contribution < 1.29 is 13.9 Å². The third-order valence-electron chi connectivity index (χ3n) is 6.68.